The van der Waals surface area contributed by atoms with Crippen molar-refractivity contribution in [1.29, 1.82) is 0 Å². The van der Waals surface area contributed by atoms with E-state index in [-0.39, 0.29) is 5.91 Å². The van der Waals surface area contributed by atoms with E-state index >= 15 is 0 Å². The van der Waals surface area contributed by atoms with Crippen LogP contribution in [0.5, 0.6) is 11.5 Å². The molecule has 0 saturated heterocycles. The second-order valence-corrected chi connectivity index (χ2v) is 5.39. The van der Waals surface area contributed by atoms with Gasteiger partial charge in [0.15, 0.2) is 17.5 Å². The normalized spacial score (nSPS) is 16.6. The molecule has 6 nitrogen and oxygen atoms in total. The molecule has 0 radical (unpaired) electrons. The van der Waals surface area contributed by atoms with Crippen LogP contribution in [0, 0.1) is 0 Å². The molecule has 1 aromatic carbocycles. The van der Waals surface area contributed by atoms with Crippen molar-refractivity contribution < 1.29 is 14.3 Å². The SMILES string of the molecule is COc1cccn2cc(-c3ccc4c(c3)NC(=O)C(C)O4)nc12. The molecule has 1 aliphatic heterocycles. The number of fused-ring (bicyclic) bond motifs is 2. The smallest absolute Gasteiger partial charge is 0.265 e. The van der Waals surface area contributed by atoms with Crippen LogP contribution in [-0.4, -0.2) is 28.5 Å². The van der Waals surface area contributed by atoms with Gasteiger partial charge in [-0.15, -0.1) is 0 Å². The van der Waals surface area contributed by atoms with Crippen LogP contribution in [-0.2, 0) is 4.79 Å². The standard InChI is InChI=1S/C17H15N3O3/c1-10-17(21)19-12-8-11(5-6-14(12)23-10)13-9-20-7-3-4-15(22-2)16(20)18-13/h3-10H,1-2H3,(H,19,21). The minimum atomic E-state index is -0.479. The Morgan fingerprint density at radius 1 is 1.35 bits per heavy atom. The predicted molar refractivity (Wildman–Crippen MR) is 85.9 cm³/mol. The van der Waals surface area contributed by atoms with Gasteiger partial charge in [0.1, 0.15) is 5.75 Å². The summed E-state index contributed by atoms with van der Waals surface area (Å²) < 4.78 is 12.8. The number of hydrogen-bond donors (Lipinski definition) is 1. The first-order valence-corrected chi connectivity index (χ1v) is 7.29. The summed E-state index contributed by atoms with van der Waals surface area (Å²) in [6, 6.07) is 9.42. The number of nitrogens with one attached hydrogen (secondary N) is 1. The van der Waals surface area contributed by atoms with Gasteiger partial charge in [-0.2, -0.15) is 0 Å². The fourth-order valence-corrected chi connectivity index (χ4v) is 2.65. The molecule has 1 unspecified atom stereocenters. The van der Waals surface area contributed by atoms with Crippen molar-refractivity contribution in [2.45, 2.75) is 13.0 Å². The molecule has 0 bridgehead atoms. The summed E-state index contributed by atoms with van der Waals surface area (Å²) in [6.45, 7) is 1.72. The zero-order valence-corrected chi connectivity index (χ0v) is 12.7. The second-order valence-electron chi connectivity index (χ2n) is 5.39. The van der Waals surface area contributed by atoms with Crippen LogP contribution in [0.25, 0.3) is 16.9 Å². The Morgan fingerprint density at radius 2 is 2.22 bits per heavy atom. The summed E-state index contributed by atoms with van der Waals surface area (Å²) in [5, 5.41) is 2.85. The van der Waals surface area contributed by atoms with Crippen LogP contribution in [0.15, 0.2) is 42.7 Å². The number of rotatable bonds is 2. The second kappa shape index (κ2) is 5.01. The summed E-state index contributed by atoms with van der Waals surface area (Å²) in [5.41, 5.74) is 3.10. The lowest BCUT2D eigenvalue weighted by atomic mass is 10.1. The average Bonchev–Trinajstić information content (AvgIpc) is 2.99. The van der Waals surface area contributed by atoms with Gasteiger partial charge in [-0.1, -0.05) is 0 Å². The van der Waals surface area contributed by atoms with Crippen LogP contribution >= 0.6 is 0 Å². The first-order chi connectivity index (χ1) is 11.2. The largest absolute Gasteiger partial charge is 0.493 e. The first kappa shape index (κ1) is 13.6. The summed E-state index contributed by atoms with van der Waals surface area (Å²) >= 11 is 0. The fourth-order valence-electron chi connectivity index (χ4n) is 2.65. The maximum Gasteiger partial charge on any atom is 0.265 e. The van der Waals surface area contributed by atoms with Crippen molar-refractivity contribution >= 4 is 17.2 Å². The molecule has 116 valence electrons. The third-order valence-corrected chi connectivity index (χ3v) is 3.87. The van der Waals surface area contributed by atoms with E-state index in [1.165, 1.54) is 0 Å². The lowest BCUT2D eigenvalue weighted by Crippen LogP contribution is -2.34. The molecule has 3 aromatic rings. The molecule has 2 aromatic heterocycles. The van der Waals surface area contributed by atoms with Gasteiger partial charge in [0.05, 0.1) is 18.5 Å². The minimum absolute atomic E-state index is 0.147. The lowest BCUT2D eigenvalue weighted by Gasteiger charge is -2.23. The van der Waals surface area contributed by atoms with Gasteiger partial charge in [0.25, 0.3) is 5.91 Å². The highest BCUT2D eigenvalue weighted by molar-refractivity contribution is 5.98. The maximum absolute atomic E-state index is 11.8. The van der Waals surface area contributed by atoms with Gasteiger partial charge in [-0.25, -0.2) is 4.98 Å². The topological polar surface area (TPSA) is 64.9 Å². The number of pyridine rings is 1. The summed E-state index contributed by atoms with van der Waals surface area (Å²) in [4.78, 5) is 16.4. The van der Waals surface area contributed by atoms with Gasteiger partial charge >= 0.3 is 0 Å². The Morgan fingerprint density at radius 3 is 3.04 bits per heavy atom. The molecule has 4 rings (SSSR count). The molecule has 3 heterocycles. The maximum atomic E-state index is 11.8. The summed E-state index contributed by atoms with van der Waals surface area (Å²) in [5.74, 6) is 1.23. The highest BCUT2D eigenvalue weighted by Gasteiger charge is 2.24. The molecule has 1 aliphatic rings. The number of aromatic nitrogens is 2. The number of methoxy groups -OCH3 is 1. The molecule has 1 amide bonds. The number of nitrogens with zero attached hydrogens (tertiary/aromatic N) is 2. The van der Waals surface area contributed by atoms with E-state index in [0.717, 1.165) is 16.9 Å². The third kappa shape index (κ3) is 2.19. The van der Waals surface area contributed by atoms with Crippen LogP contribution in [0.4, 0.5) is 5.69 Å². The van der Waals surface area contributed by atoms with Crippen molar-refractivity contribution in [1.82, 2.24) is 9.38 Å². The van der Waals surface area contributed by atoms with Gasteiger partial charge in [-0.05, 0) is 37.3 Å². The Hall–Kier alpha value is -3.02. The third-order valence-electron chi connectivity index (χ3n) is 3.87. The van der Waals surface area contributed by atoms with Crippen molar-refractivity contribution in [3.63, 3.8) is 0 Å². The zero-order chi connectivity index (χ0) is 16.0. The monoisotopic (exact) mass is 309 g/mol. The predicted octanol–water partition coefficient (Wildman–Crippen LogP) is 2.73. The van der Waals surface area contributed by atoms with Crippen molar-refractivity contribution in [3.05, 3.63) is 42.7 Å². The first-order valence-electron chi connectivity index (χ1n) is 7.29. The van der Waals surface area contributed by atoms with E-state index < -0.39 is 6.10 Å². The van der Waals surface area contributed by atoms with Crippen LogP contribution < -0.4 is 14.8 Å². The molecular formula is C17H15N3O3. The summed E-state index contributed by atoms with van der Waals surface area (Å²) in [6.07, 6.45) is 3.36. The molecule has 6 heteroatoms. The highest BCUT2D eigenvalue weighted by Crippen LogP contribution is 2.34. The molecule has 0 aliphatic carbocycles. The number of carbonyl (C=O) groups excluding carboxylic acids is 1. The number of hydrogen-bond acceptors (Lipinski definition) is 4. The van der Waals surface area contributed by atoms with Crippen molar-refractivity contribution in [2.24, 2.45) is 0 Å². The fraction of sp³-hybridized carbons (Fsp3) is 0.176. The zero-order valence-electron chi connectivity index (χ0n) is 12.7. The van der Waals surface area contributed by atoms with E-state index in [1.807, 2.05) is 47.1 Å². The average molecular weight is 309 g/mol. The van der Waals surface area contributed by atoms with Gasteiger partial charge in [-0.3, -0.25) is 4.79 Å². The van der Waals surface area contributed by atoms with Gasteiger partial charge in [0.2, 0.25) is 0 Å². The van der Waals surface area contributed by atoms with Gasteiger partial charge in [0, 0.05) is 18.0 Å². The van der Waals surface area contributed by atoms with Crippen LogP contribution in [0.2, 0.25) is 0 Å². The molecule has 23 heavy (non-hydrogen) atoms. The molecule has 1 N–H and O–H groups in total. The van der Waals surface area contributed by atoms with E-state index in [1.54, 1.807) is 14.0 Å². The van der Waals surface area contributed by atoms with E-state index in [0.29, 0.717) is 17.2 Å². The minimum Gasteiger partial charge on any atom is -0.493 e. The molecule has 0 saturated carbocycles. The Bertz CT molecular complexity index is 917. The van der Waals surface area contributed by atoms with Crippen molar-refractivity contribution in [3.8, 4) is 22.8 Å². The molecule has 0 spiro atoms. The van der Waals surface area contributed by atoms with Crippen LogP contribution in [0.3, 0.4) is 0 Å². The number of imidazole rings is 1. The number of anilines is 1. The Balaban J connectivity index is 1.79. The van der Waals surface area contributed by atoms with Gasteiger partial charge < -0.3 is 19.2 Å². The number of ether oxygens (including phenoxy) is 2. The Labute approximate surface area is 132 Å². The number of amides is 1. The number of carbonyl (C=O) groups is 1. The lowest BCUT2D eigenvalue weighted by molar-refractivity contribution is -0.122. The summed E-state index contributed by atoms with van der Waals surface area (Å²) in [7, 11) is 1.62. The van der Waals surface area contributed by atoms with Crippen molar-refractivity contribution in [2.75, 3.05) is 12.4 Å². The van der Waals surface area contributed by atoms with E-state index in [9.17, 15) is 4.79 Å². The Kier molecular flexibility index (Phi) is 2.97. The highest BCUT2D eigenvalue weighted by atomic mass is 16.5. The van der Waals surface area contributed by atoms with E-state index in [2.05, 4.69) is 10.3 Å². The van der Waals surface area contributed by atoms with Crippen LogP contribution in [0.1, 0.15) is 6.92 Å². The molecule has 1 atom stereocenters. The molecule has 0 fully saturated rings. The number of benzene rings is 1. The van der Waals surface area contributed by atoms with E-state index in [4.69, 9.17) is 9.47 Å². The quantitative estimate of drug-likeness (QED) is 0.790. The molecular weight excluding hydrogens is 294 g/mol.